The van der Waals surface area contributed by atoms with Crippen LogP contribution in [-0.2, 0) is 16.4 Å². The van der Waals surface area contributed by atoms with Gasteiger partial charge in [0.2, 0.25) is 0 Å². The van der Waals surface area contributed by atoms with Gasteiger partial charge in [-0.25, -0.2) is 23.1 Å². The zero-order chi connectivity index (χ0) is 12.3. The molecule has 0 fully saturated rings. The summed E-state index contributed by atoms with van der Waals surface area (Å²) in [4.78, 5) is 10.8. The lowest BCUT2D eigenvalue weighted by molar-refractivity contribution is 0.583. The van der Waals surface area contributed by atoms with E-state index in [1.54, 1.807) is 19.3 Å². The molecule has 0 bridgehead atoms. The summed E-state index contributed by atoms with van der Waals surface area (Å²) in [5.74, 6) is 0.758. The second-order valence-electron chi connectivity index (χ2n) is 3.38. The number of hydrogen-bond acceptors (Lipinski definition) is 5. The molecular weight excluding hydrogens is 260 g/mol. The van der Waals surface area contributed by atoms with Crippen LogP contribution >= 0.6 is 11.3 Å². The Morgan fingerprint density at radius 3 is 2.88 bits per heavy atom. The van der Waals surface area contributed by atoms with Crippen LogP contribution < -0.4 is 4.72 Å². The molecule has 17 heavy (non-hydrogen) atoms. The molecule has 2 heterocycles. The lowest BCUT2D eigenvalue weighted by Crippen LogP contribution is -2.25. The van der Waals surface area contributed by atoms with Crippen molar-refractivity contribution >= 4 is 21.4 Å². The average Bonchev–Trinajstić information content (AvgIpc) is 2.89. The number of aromatic nitrogens is 3. The number of imidazole rings is 1. The summed E-state index contributed by atoms with van der Waals surface area (Å²) in [5.41, 5.74) is 0. The monoisotopic (exact) mass is 272 g/mol. The van der Waals surface area contributed by atoms with Gasteiger partial charge in [0.15, 0.2) is 4.21 Å². The molecule has 0 aliphatic heterocycles. The Bertz CT molecular complexity index is 574. The van der Waals surface area contributed by atoms with E-state index in [1.165, 1.54) is 6.20 Å². The molecule has 6 nitrogen and oxygen atoms in total. The summed E-state index contributed by atoms with van der Waals surface area (Å²) in [5, 5.41) is 0.733. The van der Waals surface area contributed by atoms with E-state index < -0.39 is 10.0 Å². The minimum Gasteiger partial charge on any atom is -0.349 e. The fourth-order valence-corrected chi connectivity index (χ4v) is 3.46. The second-order valence-corrected chi connectivity index (χ2v) is 6.61. The first kappa shape index (κ1) is 12.2. The Morgan fingerprint density at radius 2 is 2.29 bits per heavy atom. The number of thiazole rings is 1. The van der Waals surface area contributed by atoms with Gasteiger partial charge in [0.05, 0.1) is 11.2 Å². The third kappa shape index (κ3) is 3.11. The summed E-state index contributed by atoms with van der Waals surface area (Å²) in [7, 11) is -3.43. The Hall–Kier alpha value is -1.25. The predicted octanol–water partition coefficient (Wildman–Crippen LogP) is 0.696. The first-order chi connectivity index (χ1) is 8.08. The van der Waals surface area contributed by atoms with Crippen LogP contribution in [0.25, 0.3) is 0 Å². The summed E-state index contributed by atoms with van der Waals surface area (Å²) < 4.78 is 26.4. The van der Waals surface area contributed by atoms with Gasteiger partial charge in [-0.15, -0.1) is 11.3 Å². The van der Waals surface area contributed by atoms with Gasteiger partial charge in [0.1, 0.15) is 5.82 Å². The van der Waals surface area contributed by atoms with E-state index in [-0.39, 0.29) is 4.21 Å². The van der Waals surface area contributed by atoms with Crippen molar-refractivity contribution in [3.05, 3.63) is 29.4 Å². The van der Waals surface area contributed by atoms with Crippen molar-refractivity contribution in [2.75, 3.05) is 6.54 Å². The molecule has 0 atom stereocenters. The Balaban J connectivity index is 1.94. The lowest BCUT2D eigenvalue weighted by Gasteiger charge is -2.02. The van der Waals surface area contributed by atoms with Gasteiger partial charge in [-0.3, -0.25) is 0 Å². The molecule has 0 aliphatic rings. The third-order valence-corrected chi connectivity index (χ3v) is 4.91. The van der Waals surface area contributed by atoms with E-state index in [2.05, 4.69) is 19.7 Å². The summed E-state index contributed by atoms with van der Waals surface area (Å²) in [6.45, 7) is 2.08. The van der Waals surface area contributed by atoms with Crippen molar-refractivity contribution in [3.63, 3.8) is 0 Å². The number of aryl methyl sites for hydroxylation is 1. The highest BCUT2D eigenvalue weighted by molar-refractivity contribution is 7.91. The van der Waals surface area contributed by atoms with Crippen LogP contribution in [0.15, 0.2) is 22.8 Å². The SMILES string of the molecule is Cc1ncc(S(=O)(=O)NCCc2ncc[nH]2)s1. The number of aromatic amines is 1. The minimum absolute atomic E-state index is 0.245. The maximum Gasteiger partial charge on any atom is 0.251 e. The smallest absolute Gasteiger partial charge is 0.251 e. The molecule has 2 aromatic rings. The summed E-state index contributed by atoms with van der Waals surface area (Å²) >= 11 is 1.16. The van der Waals surface area contributed by atoms with Gasteiger partial charge in [-0.1, -0.05) is 0 Å². The van der Waals surface area contributed by atoms with Crippen molar-refractivity contribution in [1.82, 2.24) is 19.7 Å². The third-order valence-electron chi connectivity index (χ3n) is 2.07. The van der Waals surface area contributed by atoms with Crippen LogP contribution in [0.3, 0.4) is 0 Å². The Kier molecular flexibility index (Phi) is 3.55. The zero-order valence-corrected chi connectivity index (χ0v) is 10.8. The molecule has 0 saturated heterocycles. The van der Waals surface area contributed by atoms with Crippen LogP contribution in [0.5, 0.6) is 0 Å². The van der Waals surface area contributed by atoms with Crippen LogP contribution in [0.4, 0.5) is 0 Å². The maximum atomic E-state index is 11.8. The molecule has 2 N–H and O–H groups in total. The largest absolute Gasteiger partial charge is 0.349 e. The van der Waals surface area contributed by atoms with Crippen molar-refractivity contribution < 1.29 is 8.42 Å². The van der Waals surface area contributed by atoms with Gasteiger partial charge in [0.25, 0.3) is 10.0 Å². The quantitative estimate of drug-likeness (QED) is 0.838. The molecule has 2 rings (SSSR count). The number of sulfonamides is 1. The molecule has 0 spiro atoms. The van der Waals surface area contributed by atoms with E-state index >= 15 is 0 Å². The molecule has 2 aromatic heterocycles. The van der Waals surface area contributed by atoms with Gasteiger partial charge in [-0.05, 0) is 6.92 Å². The average molecular weight is 272 g/mol. The number of H-pyrrole nitrogens is 1. The number of nitrogens with one attached hydrogen (secondary N) is 2. The summed E-state index contributed by atoms with van der Waals surface area (Å²) in [6, 6.07) is 0. The zero-order valence-electron chi connectivity index (χ0n) is 9.17. The normalized spacial score (nSPS) is 11.8. The van der Waals surface area contributed by atoms with Crippen molar-refractivity contribution in [1.29, 1.82) is 0 Å². The highest BCUT2D eigenvalue weighted by Gasteiger charge is 2.16. The van der Waals surface area contributed by atoms with Gasteiger partial charge in [0, 0.05) is 25.4 Å². The van der Waals surface area contributed by atoms with Crippen molar-refractivity contribution in [2.45, 2.75) is 17.6 Å². The standard InChI is InChI=1S/C9H12N4O2S2/c1-7-12-6-9(16-7)17(14,15)13-3-2-8-10-4-5-11-8/h4-6,13H,2-3H2,1H3,(H,10,11). The van der Waals surface area contributed by atoms with Crippen LogP contribution in [0.1, 0.15) is 10.8 Å². The topological polar surface area (TPSA) is 87.7 Å². The number of hydrogen-bond donors (Lipinski definition) is 2. The van der Waals surface area contributed by atoms with Crippen molar-refractivity contribution in [2.24, 2.45) is 0 Å². The molecule has 0 unspecified atom stereocenters. The first-order valence-corrected chi connectivity index (χ1v) is 7.28. The second kappa shape index (κ2) is 4.94. The minimum atomic E-state index is -3.43. The van der Waals surface area contributed by atoms with E-state index in [0.29, 0.717) is 13.0 Å². The fourth-order valence-electron chi connectivity index (χ4n) is 1.28. The Labute approximate surface area is 103 Å². The molecule has 92 valence electrons. The van der Waals surface area contributed by atoms with E-state index in [1.807, 2.05) is 0 Å². The number of rotatable bonds is 5. The lowest BCUT2D eigenvalue weighted by atomic mass is 10.4. The molecule has 8 heteroatoms. The fraction of sp³-hybridized carbons (Fsp3) is 0.333. The molecule has 0 aliphatic carbocycles. The van der Waals surface area contributed by atoms with Crippen LogP contribution in [0.2, 0.25) is 0 Å². The van der Waals surface area contributed by atoms with Crippen LogP contribution in [0, 0.1) is 6.92 Å². The van der Waals surface area contributed by atoms with E-state index in [9.17, 15) is 8.42 Å². The molecular formula is C9H12N4O2S2. The van der Waals surface area contributed by atoms with E-state index in [0.717, 1.165) is 22.2 Å². The van der Waals surface area contributed by atoms with Crippen molar-refractivity contribution in [3.8, 4) is 0 Å². The highest BCUT2D eigenvalue weighted by Crippen LogP contribution is 2.17. The summed E-state index contributed by atoms with van der Waals surface area (Å²) in [6.07, 6.45) is 5.24. The van der Waals surface area contributed by atoms with Crippen LogP contribution in [-0.4, -0.2) is 29.9 Å². The van der Waals surface area contributed by atoms with E-state index in [4.69, 9.17) is 0 Å². The van der Waals surface area contributed by atoms with Gasteiger partial charge >= 0.3 is 0 Å². The first-order valence-electron chi connectivity index (χ1n) is 4.98. The predicted molar refractivity (Wildman–Crippen MR) is 64.3 cm³/mol. The van der Waals surface area contributed by atoms with Gasteiger partial charge < -0.3 is 4.98 Å². The number of nitrogens with zero attached hydrogens (tertiary/aromatic N) is 2. The maximum absolute atomic E-state index is 11.8. The molecule has 0 amide bonds. The molecule has 0 aromatic carbocycles. The van der Waals surface area contributed by atoms with Gasteiger partial charge in [-0.2, -0.15) is 0 Å². The molecule has 0 radical (unpaired) electrons. The molecule has 0 saturated carbocycles. The Morgan fingerprint density at radius 1 is 1.47 bits per heavy atom. The highest BCUT2D eigenvalue weighted by atomic mass is 32.2.